The lowest BCUT2D eigenvalue weighted by atomic mass is 10.0. The molecule has 0 amide bonds. The quantitative estimate of drug-likeness (QED) is 0.661. The highest BCUT2D eigenvalue weighted by molar-refractivity contribution is 6.12. The summed E-state index contributed by atoms with van der Waals surface area (Å²) < 4.78 is 0. The van der Waals surface area contributed by atoms with Crippen molar-refractivity contribution >= 4 is 28.7 Å². The molecule has 1 atom stereocenters. The molecule has 2 N–H and O–H groups in total. The Morgan fingerprint density at radius 3 is 2.96 bits per heavy atom. The zero-order valence-electron chi connectivity index (χ0n) is 12.2. The fourth-order valence-corrected chi connectivity index (χ4v) is 2.64. The minimum atomic E-state index is -0.0244. The van der Waals surface area contributed by atoms with Gasteiger partial charge in [0.1, 0.15) is 11.8 Å². The van der Waals surface area contributed by atoms with Gasteiger partial charge in [-0.05, 0) is 22.9 Å². The molecule has 0 radical (unpaired) electrons. The van der Waals surface area contributed by atoms with Gasteiger partial charge < -0.3 is 5.11 Å². The maximum Gasteiger partial charge on any atom is 0.240 e. The van der Waals surface area contributed by atoms with Crippen LogP contribution in [0.3, 0.4) is 0 Å². The molecule has 0 spiro atoms. The van der Waals surface area contributed by atoms with Crippen LogP contribution in [0, 0.1) is 0 Å². The van der Waals surface area contributed by atoms with E-state index in [1.165, 1.54) is 0 Å². The van der Waals surface area contributed by atoms with Crippen LogP contribution < -0.4 is 5.43 Å². The van der Waals surface area contributed by atoms with Crippen LogP contribution in [0.1, 0.15) is 5.56 Å². The number of nitrogens with one attached hydrogen (secondary N) is 1. The summed E-state index contributed by atoms with van der Waals surface area (Å²) in [4.78, 5) is 8.78. The van der Waals surface area contributed by atoms with E-state index in [9.17, 15) is 5.11 Å². The maximum absolute atomic E-state index is 10.1. The lowest BCUT2D eigenvalue weighted by Crippen LogP contribution is -2.13. The minimum Gasteiger partial charge on any atom is -0.507 e. The number of aliphatic imine (C=N–C) groups is 2. The number of benzene rings is 2. The number of aromatic hydroxyl groups is 1. The predicted octanol–water partition coefficient (Wildman–Crippen LogP) is 2.77. The molecule has 1 unspecified atom stereocenters. The first-order valence-electron chi connectivity index (χ1n) is 7.32. The van der Waals surface area contributed by atoms with Crippen molar-refractivity contribution in [1.82, 2.24) is 5.43 Å². The SMILES string of the molecule is Oc1ccc2ccccc2c1/C=N\NC1=NC2C=CC=CC2=N1. The number of allylic oxidation sites excluding steroid dienone is 2. The summed E-state index contributed by atoms with van der Waals surface area (Å²) in [5, 5.41) is 16.2. The third-order valence-corrected chi connectivity index (χ3v) is 3.78. The van der Waals surface area contributed by atoms with Gasteiger partial charge in [-0.2, -0.15) is 5.10 Å². The van der Waals surface area contributed by atoms with Gasteiger partial charge >= 0.3 is 0 Å². The summed E-state index contributed by atoms with van der Waals surface area (Å²) in [5.74, 6) is 0.658. The fourth-order valence-electron chi connectivity index (χ4n) is 2.64. The molecular formula is C18H14N4O. The lowest BCUT2D eigenvalue weighted by molar-refractivity contribution is 0.475. The van der Waals surface area contributed by atoms with E-state index in [1.54, 1.807) is 12.3 Å². The molecule has 0 fully saturated rings. The van der Waals surface area contributed by atoms with E-state index in [4.69, 9.17) is 0 Å². The predicted molar refractivity (Wildman–Crippen MR) is 93.3 cm³/mol. The Morgan fingerprint density at radius 1 is 1.13 bits per heavy atom. The van der Waals surface area contributed by atoms with E-state index in [1.807, 2.05) is 54.6 Å². The van der Waals surface area contributed by atoms with Crippen LogP contribution in [0.15, 0.2) is 75.8 Å². The first-order chi connectivity index (χ1) is 11.3. The number of hydrogen-bond acceptors (Lipinski definition) is 5. The summed E-state index contributed by atoms with van der Waals surface area (Å²) in [7, 11) is 0. The first-order valence-corrected chi connectivity index (χ1v) is 7.32. The molecule has 112 valence electrons. The largest absolute Gasteiger partial charge is 0.507 e. The van der Waals surface area contributed by atoms with Crippen LogP contribution in [0.5, 0.6) is 5.75 Å². The molecule has 1 aliphatic heterocycles. The molecule has 2 aromatic carbocycles. The minimum absolute atomic E-state index is 0.0244. The van der Waals surface area contributed by atoms with E-state index < -0.39 is 0 Å². The van der Waals surface area contributed by atoms with Gasteiger partial charge in [0.15, 0.2) is 0 Å². The Hall–Kier alpha value is -3.21. The van der Waals surface area contributed by atoms with Crippen molar-refractivity contribution in [3.63, 3.8) is 0 Å². The number of fused-ring (bicyclic) bond motifs is 2. The van der Waals surface area contributed by atoms with Crippen LogP contribution in [-0.2, 0) is 0 Å². The molecular weight excluding hydrogens is 288 g/mol. The number of phenolic OH excluding ortho intramolecular Hbond substituents is 1. The molecule has 23 heavy (non-hydrogen) atoms. The Kier molecular flexibility index (Phi) is 3.24. The van der Waals surface area contributed by atoms with Crippen LogP contribution in [0.25, 0.3) is 10.8 Å². The molecule has 5 nitrogen and oxygen atoms in total. The third kappa shape index (κ3) is 2.53. The zero-order valence-corrected chi connectivity index (χ0v) is 12.2. The fraction of sp³-hybridized carbons (Fsp3) is 0.0556. The summed E-state index contributed by atoms with van der Waals surface area (Å²) in [6, 6.07) is 11.4. The van der Waals surface area contributed by atoms with Gasteiger partial charge in [-0.15, -0.1) is 0 Å². The van der Waals surface area contributed by atoms with E-state index in [2.05, 4.69) is 20.5 Å². The van der Waals surface area contributed by atoms with Gasteiger partial charge in [0.25, 0.3) is 0 Å². The Bertz CT molecular complexity index is 922. The number of rotatable bonds is 2. The normalized spacial score (nSPS) is 19.0. The van der Waals surface area contributed by atoms with E-state index >= 15 is 0 Å². The molecule has 1 aliphatic carbocycles. The summed E-state index contributed by atoms with van der Waals surface area (Å²) in [6.45, 7) is 0. The van der Waals surface area contributed by atoms with E-state index in [0.29, 0.717) is 11.5 Å². The number of hydrazone groups is 1. The first kappa shape index (κ1) is 13.5. The number of guanidine groups is 1. The molecule has 2 aromatic rings. The standard InChI is InChI=1S/C18H14N4O/c23-17-10-9-12-5-1-2-6-13(12)14(17)11-19-22-18-20-15-7-3-4-8-16(15)21-18/h1-11,15,23H,(H,20,22)/b19-11-. The monoisotopic (exact) mass is 302 g/mol. The van der Waals surface area contributed by atoms with Crippen molar-refractivity contribution in [2.24, 2.45) is 15.1 Å². The molecule has 0 bridgehead atoms. The molecule has 1 heterocycles. The van der Waals surface area contributed by atoms with Gasteiger partial charge in [0.2, 0.25) is 5.96 Å². The lowest BCUT2D eigenvalue weighted by Gasteiger charge is -2.04. The highest BCUT2D eigenvalue weighted by Gasteiger charge is 2.19. The van der Waals surface area contributed by atoms with Gasteiger partial charge in [0, 0.05) is 5.56 Å². The van der Waals surface area contributed by atoms with Crippen molar-refractivity contribution in [2.75, 3.05) is 0 Å². The van der Waals surface area contributed by atoms with Crippen LogP contribution in [0.4, 0.5) is 0 Å². The highest BCUT2D eigenvalue weighted by atomic mass is 16.3. The summed E-state index contributed by atoms with van der Waals surface area (Å²) >= 11 is 0. The number of phenols is 1. The van der Waals surface area contributed by atoms with Crippen molar-refractivity contribution in [1.29, 1.82) is 0 Å². The van der Waals surface area contributed by atoms with Gasteiger partial charge in [-0.3, -0.25) is 0 Å². The molecule has 0 saturated carbocycles. The Morgan fingerprint density at radius 2 is 2.04 bits per heavy atom. The average Bonchev–Trinajstić information content (AvgIpc) is 2.99. The van der Waals surface area contributed by atoms with Crippen LogP contribution in [0.2, 0.25) is 0 Å². The van der Waals surface area contributed by atoms with Gasteiger partial charge in [-0.1, -0.05) is 48.6 Å². The molecule has 5 heteroatoms. The molecule has 2 aliphatic rings. The van der Waals surface area contributed by atoms with E-state index in [0.717, 1.165) is 16.5 Å². The average molecular weight is 302 g/mol. The second kappa shape index (κ2) is 5.53. The second-order valence-corrected chi connectivity index (χ2v) is 5.27. The summed E-state index contributed by atoms with van der Waals surface area (Å²) in [6.07, 6.45) is 9.39. The summed E-state index contributed by atoms with van der Waals surface area (Å²) in [5.41, 5.74) is 4.40. The van der Waals surface area contributed by atoms with Crippen molar-refractivity contribution in [3.8, 4) is 5.75 Å². The van der Waals surface area contributed by atoms with E-state index in [-0.39, 0.29) is 11.8 Å². The smallest absolute Gasteiger partial charge is 0.240 e. The van der Waals surface area contributed by atoms with Crippen molar-refractivity contribution in [2.45, 2.75) is 6.04 Å². The van der Waals surface area contributed by atoms with Crippen LogP contribution in [-0.4, -0.2) is 29.0 Å². The van der Waals surface area contributed by atoms with Gasteiger partial charge in [-0.25, -0.2) is 15.4 Å². The number of hydrogen-bond donors (Lipinski definition) is 2. The van der Waals surface area contributed by atoms with Crippen molar-refractivity contribution < 1.29 is 5.11 Å². The highest BCUT2D eigenvalue weighted by Crippen LogP contribution is 2.25. The molecule has 4 rings (SSSR count). The van der Waals surface area contributed by atoms with Gasteiger partial charge in [0.05, 0.1) is 11.9 Å². The van der Waals surface area contributed by atoms with Crippen LogP contribution >= 0.6 is 0 Å². The van der Waals surface area contributed by atoms with Crippen molar-refractivity contribution in [3.05, 3.63) is 66.3 Å². The molecule has 0 aromatic heterocycles. The Labute approximate surface area is 133 Å². The zero-order chi connectivity index (χ0) is 15.6. The number of nitrogens with zero attached hydrogens (tertiary/aromatic N) is 3. The third-order valence-electron chi connectivity index (χ3n) is 3.78. The topological polar surface area (TPSA) is 69.3 Å². The second-order valence-electron chi connectivity index (χ2n) is 5.27. The molecule has 0 saturated heterocycles. The Balaban J connectivity index is 1.59. The maximum atomic E-state index is 10.1.